The van der Waals surface area contributed by atoms with E-state index in [9.17, 15) is 0 Å². The Morgan fingerprint density at radius 1 is 1.44 bits per heavy atom. The quantitative estimate of drug-likeness (QED) is 0.562. The Kier molecular flexibility index (Phi) is 4.34. The number of nitrogens with one attached hydrogen (secondary N) is 1. The molecule has 3 N–H and O–H groups in total. The molecule has 18 heavy (non-hydrogen) atoms. The second-order valence-electron chi connectivity index (χ2n) is 5.27. The van der Waals surface area contributed by atoms with Gasteiger partial charge in [0.05, 0.1) is 11.7 Å². The van der Waals surface area contributed by atoms with E-state index in [0.717, 1.165) is 31.7 Å². The van der Waals surface area contributed by atoms with Crippen molar-refractivity contribution in [2.45, 2.75) is 18.5 Å². The lowest BCUT2D eigenvalue weighted by atomic mass is 10.0. The molecule has 1 saturated heterocycles. The van der Waals surface area contributed by atoms with E-state index in [1.165, 1.54) is 0 Å². The molecule has 1 aromatic rings. The molecular formula is C12H24N6. The van der Waals surface area contributed by atoms with Gasteiger partial charge in [-0.3, -0.25) is 16.0 Å². The highest BCUT2D eigenvalue weighted by molar-refractivity contribution is 5.06. The molecule has 2 unspecified atom stereocenters. The molecule has 6 nitrogen and oxygen atoms in total. The van der Waals surface area contributed by atoms with E-state index in [4.69, 9.17) is 5.84 Å². The number of nitrogens with two attached hydrogens (primary N) is 1. The van der Waals surface area contributed by atoms with Crippen LogP contribution in [0.5, 0.6) is 0 Å². The fourth-order valence-corrected chi connectivity index (χ4v) is 2.52. The second kappa shape index (κ2) is 5.79. The summed E-state index contributed by atoms with van der Waals surface area (Å²) >= 11 is 0. The van der Waals surface area contributed by atoms with Gasteiger partial charge in [-0.15, -0.1) is 0 Å². The highest BCUT2D eigenvalue weighted by atomic mass is 15.3. The first-order valence-corrected chi connectivity index (χ1v) is 6.44. The van der Waals surface area contributed by atoms with E-state index < -0.39 is 0 Å². The van der Waals surface area contributed by atoms with Gasteiger partial charge in [-0.05, 0) is 26.6 Å². The highest BCUT2D eigenvalue weighted by Gasteiger charge is 2.26. The van der Waals surface area contributed by atoms with E-state index in [1.807, 2.05) is 24.0 Å². The third kappa shape index (κ3) is 3.08. The van der Waals surface area contributed by atoms with Crippen molar-refractivity contribution >= 4 is 0 Å². The molecule has 0 bridgehead atoms. The summed E-state index contributed by atoms with van der Waals surface area (Å²) < 4.78 is 1.82. The molecule has 6 heteroatoms. The van der Waals surface area contributed by atoms with Crippen LogP contribution < -0.4 is 11.3 Å². The van der Waals surface area contributed by atoms with E-state index in [0.29, 0.717) is 6.04 Å². The number of hydrogen-bond donors (Lipinski definition) is 2. The van der Waals surface area contributed by atoms with Gasteiger partial charge in [-0.25, -0.2) is 0 Å². The molecule has 0 saturated carbocycles. The maximum atomic E-state index is 5.68. The molecule has 2 heterocycles. The zero-order valence-corrected chi connectivity index (χ0v) is 11.5. The van der Waals surface area contributed by atoms with Crippen molar-refractivity contribution in [2.24, 2.45) is 12.9 Å². The zero-order valence-electron chi connectivity index (χ0n) is 11.5. The third-order valence-corrected chi connectivity index (χ3v) is 3.78. The van der Waals surface area contributed by atoms with Crippen molar-refractivity contribution in [3.05, 3.63) is 18.0 Å². The molecule has 0 spiro atoms. The molecule has 1 fully saturated rings. The lowest BCUT2D eigenvalue weighted by molar-refractivity contribution is 0.100. The van der Waals surface area contributed by atoms with Crippen LogP contribution in [0.4, 0.5) is 0 Å². The first-order chi connectivity index (χ1) is 8.60. The smallest absolute Gasteiger partial charge is 0.0807 e. The summed E-state index contributed by atoms with van der Waals surface area (Å²) in [7, 11) is 6.28. The van der Waals surface area contributed by atoms with Gasteiger partial charge in [-0.1, -0.05) is 0 Å². The van der Waals surface area contributed by atoms with Crippen LogP contribution in [-0.2, 0) is 7.05 Å². The Balaban J connectivity index is 2.01. The maximum absolute atomic E-state index is 5.68. The number of aromatic nitrogens is 2. The van der Waals surface area contributed by atoms with Crippen LogP contribution in [0.1, 0.15) is 18.2 Å². The number of likely N-dealkylation sites (N-methyl/N-ethyl adjacent to an activating group) is 2. The summed E-state index contributed by atoms with van der Waals surface area (Å²) in [6, 6.07) is 2.66. The predicted octanol–water partition coefficient (Wildman–Crippen LogP) is -0.440. The molecule has 2 rings (SSSR count). The van der Waals surface area contributed by atoms with E-state index in [2.05, 4.69) is 34.4 Å². The van der Waals surface area contributed by atoms with E-state index in [1.54, 1.807) is 0 Å². The minimum atomic E-state index is 0.116. The van der Waals surface area contributed by atoms with Gasteiger partial charge < -0.3 is 9.80 Å². The first-order valence-electron chi connectivity index (χ1n) is 6.44. The third-order valence-electron chi connectivity index (χ3n) is 3.78. The van der Waals surface area contributed by atoms with Crippen LogP contribution in [0.25, 0.3) is 0 Å². The second-order valence-corrected chi connectivity index (χ2v) is 5.27. The maximum Gasteiger partial charge on any atom is 0.0807 e. The fourth-order valence-electron chi connectivity index (χ4n) is 2.52. The van der Waals surface area contributed by atoms with Gasteiger partial charge in [0.25, 0.3) is 0 Å². The molecule has 1 aliphatic heterocycles. The minimum Gasteiger partial charge on any atom is -0.304 e. The number of nitrogens with zero attached hydrogens (tertiary/aromatic N) is 4. The van der Waals surface area contributed by atoms with Gasteiger partial charge in [0.1, 0.15) is 0 Å². The van der Waals surface area contributed by atoms with Gasteiger partial charge in [0.15, 0.2) is 0 Å². The fraction of sp³-hybridized carbons (Fsp3) is 0.750. The van der Waals surface area contributed by atoms with Crippen molar-refractivity contribution in [1.29, 1.82) is 0 Å². The molecule has 1 aromatic heterocycles. The monoisotopic (exact) mass is 252 g/mol. The summed E-state index contributed by atoms with van der Waals surface area (Å²) in [6.45, 7) is 3.33. The molecule has 102 valence electrons. The van der Waals surface area contributed by atoms with Crippen LogP contribution in [0.15, 0.2) is 12.3 Å². The van der Waals surface area contributed by atoms with Crippen LogP contribution in [0.2, 0.25) is 0 Å². The number of hydrogen-bond acceptors (Lipinski definition) is 5. The molecule has 2 atom stereocenters. The standard InChI is InChI=1S/C12H24N6/c1-16-6-7-17(2)10(9-16)8-12(14-13)11-4-5-18(3)15-11/h4-5,10,12,14H,6-9,13H2,1-3H3. The van der Waals surface area contributed by atoms with Gasteiger partial charge in [0.2, 0.25) is 0 Å². The van der Waals surface area contributed by atoms with Crippen molar-refractivity contribution in [3.8, 4) is 0 Å². The number of aryl methyl sites for hydroxylation is 1. The first kappa shape index (κ1) is 13.5. The molecule has 0 aromatic carbocycles. The van der Waals surface area contributed by atoms with Crippen molar-refractivity contribution in [1.82, 2.24) is 25.0 Å². The minimum absolute atomic E-state index is 0.116. The number of hydrazine groups is 1. The molecule has 0 amide bonds. The molecular weight excluding hydrogens is 228 g/mol. The van der Waals surface area contributed by atoms with Gasteiger partial charge in [-0.2, -0.15) is 5.10 Å². The number of rotatable bonds is 4. The molecule has 0 radical (unpaired) electrons. The average molecular weight is 252 g/mol. The van der Waals surface area contributed by atoms with Crippen LogP contribution in [0.3, 0.4) is 0 Å². The van der Waals surface area contributed by atoms with Crippen molar-refractivity contribution < 1.29 is 0 Å². The van der Waals surface area contributed by atoms with Gasteiger partial charge in [0, 0.05) is 38.9 Å². The predicted molar refractivity (Wildman–Crippen MR) is 71.8 cm³/mol. The van der Waals surface area contributed by atoms with Crippen molar-refractivity contribution in [3.63, 3.8) is 0 Å². The Bertz CT molecular complexity index is 376. The lowest BCUT2D eigenvalue weighted by Gasteiger charge is -2.39. The van der Waals surface area contributed by atoms with Gasteiger partial charge >= 0.3 is 0 Å². The summed E-state index contributed by atoms with van der Waals surface area (Å²) in [4.78, 5) is 4.78. The molecule has 0 aliphatic carbocycles. The average Bonchev–Trinajstić information content (AvgIpc) is 2.77. The number of piperazine rings is 1. The molecule has 1 aliphatic rings. The summed E-state index contributed by atoms with van der Waals surface area (Å²) in [5.74, 6) is 5.68. The highest BCUT2D eigenvalue weighted by Crippen LogP contribution is 2.20. The van der Waals surface area contributed by atoms with E-state index >= 15 is 0 Å². The lowest BCUT2D eigenvalue weighted by Crippen LogP contribution is -2.51. The van der Waals surface area contributed by atoms with E-state index in [-0.39, 0.29) is 6.04 Å². The Morgan fingerprint density at radius 2 is 2.22 bits per heavy atom. The zero-order chi connectivity index (χ0) is 13.1. The summed E-state index contributed by atoms with van der Waals surface area (Å²) in [5.41, 5.74) is 3.91. The van der Waals surface area contributed by atoms with Crippen LogP contribution >= 0.6 is 0 Å². The van der Waals surface area contributed by atoms with Crippen LogP contribution in [0, 0.1) is 0 Å². The Morgan fingerprint density at radius 3 is 2.83 bits per heavy atom. The Labute approximate surface area is 109 Å². The SMILES string of the molecule is CN1CCN(C)C(CC(NN)c2ccn(C)n2)C1. The summed E-state index contributed by atoms with van der Waals surface area (Å²) in [5, 5.41) is 4.43. The largest absolute Gasteiger partial charge is 0.304 e. The summed E-state index contributed by atoms with van der Waals surface area (Å²) in [6.07, 6.45) is 2.94. The Hall–Kier alpha value is -0.950. The normalized spacial score (nSPS) is 24.3. The van der Waals surface area contributed by atoms with Crippen molar-refractivity contribution in [2.75, 3.05) is 33.7 Å². The van der Waals surface area contributed by atoms with Crippen LogP contribution in [-0.4, -0.2) is 59.4 Å². The topological polar surface area (TPSA) is 62.4 Å².